The van der Waals surface area contributed by atoms with Crippen molar-refractivity contribution in [1.82, 2.24) is 0 Å². The van der Waals surface area contributed by atoms with Crippen molar-refractivity contribution < 1.29 is 0 Å². The van der Waals surface area contributed by atoms with Crippen LogP contribution in [0.15, 0.2) is 4.51 Å². The highest BCUT2D eigenvalue weighted by Gasteiger charge is 1.77. The van der Waals surface area contributed by atoms with Crippen molar-refractivity contribution in [3.8, 4) is 0 Å². The summed E-state index contributed by atoms with van der Waals surface area (Å²) < 4.78 is 3.40. The Bertz CT molecular complexity index is 58.6. The first-order valence-electron chi connectivity index (χ1n) is 1.95. The number of nitrogens with zero attached hydrogens (tertiary/aromatic N) is 1. The van der Waals surface area contributed by atoms with Crippen LogP contribution in [0.2, 0.25) is 0 Å². The molecule has 6 heavy (non-hydrogen) atoms. The molecular formula is C4H8ClN. The van der Waals surface area contributed by atoms with E-state index in [0.717, 1.165) is 12.1 Å². The van der Waals surface area contributed by atoms with Crippen molar-refractivity contribution in [2.75, 3.05) is 0 Å². The van der Waals surface area contributed by atoms with Crippen LogP contribution >= 0.6 is 11.8 Å². The molecule has 0 bridgehead atoms. The summed E-state index contributed by atoms with van der Waals surface area (Å²) in [4.78, 5) is 0. The van der Waals surface area contributed by atoms with E-state index >= 15 is 0 Å². The van der Waals surface area contributed by atoms with Gasteiger partial charge < -0.3 is 0 Å². The van der Waals surface area contributed by atoms with E-state index in [1.807, 2.05) is 13.8 Å². The molecule has 0 fully saturated rings. The van der Waals surface area contributed by atoms with Gasteiger partial charge in [0.1, 0.15) is 0 Å². The van der Waals surface area contributed by atoms with Crippen molar-refractivity contribution in [1.29, 1.82) is 0 Å². The molecule has 0 aliphatic rings. The average molecular weight is 106 g/mol. The molecule has 0 aromatic carbocycles. The summed E-state index contributed by atoms with van der Waals surface area (Å²) in [5.41, 5.74) is 0.983. The second kappa shape index (κ2) is 3.16. The normalized spacial score (nSPS) is 12.2. The third kappa shape index (κ3) is 2.21. The summed E-state index contributed by atoms with van der Waals surface area (Å²) in [6, 6.07) is 0. The largest absolute Gasteiger partial charge is 0.187 e. The molecule has 0 unspecified atom stereocenters. The zero-order valence-electron chi connectivity index (χ0n) is 4.03. The molecule has 0 spiro atoms. The molecule has 0 rings (SSSR count). The van der Waals surface area contributed by atoms with Gasteiger partial charge in [-0.05, 0) is 13.3 Å². The quantitative estimate of drug-likeness (QED) is 0.453. The zero-order chi connectivity index (χ0) is 4.99. The second-order valence-corrected chi connectivity index (χ2v) is 1.34. The lowest BCUT2D eigenvalue weighted by Gasteiger charge is -1.81. The summed E-state index contributed by atoms with van der Waals surface area (Å²) in [6.07, 6.45) is 0.948. The minimum absolute atomic E-state index is 0.948. The molecule has 0 aliphatic heterocycles. The molecule has 0 atom stereocenters. The Balaban J connectivity index is 3.22. The summed E-state index contributed by atoms with van der Waals surface area (Å²) in [7, 11) is 0. The van der Waals surface area contributed by atoms with Crippen molar-refractivity contribution in [3.63, 3.8) is 0 Å². The molecule has 0 aliphatic carbocycles. The first kappa shape index (κ1) is 5.96. The van der Waals surface area contributed by atoms with Crippen LogP contribution in [0.3, 0.4) is 0 Å². The standard InChI is InChI=1S/C4H8ClN/c1-3-4(2)6-5/h3H2,1-2H3/b6-4+. The van der Waals surface area contributed by atoms with Crippen LogP contribution in [0.5, 0.6) is 0 Å². The number of hydrogen-bond acceptors (Lipinski definition) is 1. The number of hydrogen-bond donors (Lipinski definition) is 0. The van der Waals surface area contributed by atoms with Gasteiger partial charge in [-0.3, -0.25) is 0 Å². The lowest BCUT2D eigenvalue weighted by Crippen LogP contribution is -1.80. The van der Waals surface area contributed by atoms with Crippen LogP contribution in [0, 0.1) is 0 Å². The van der Waals surface area contributed by atoms with Gasteiger partial charge in [-0.25, -0.2) is 0 Å². The van der Waals surface area contributed by atoms with Crippen LogP contribution < -0.4 is 0 Å². The smallest absolute Gasteiger partial charge is 0.0364 e. The molecule has 0 saturated carbocycles. The Morgan fingerprint density at radius 2 is 2.33 bits per heavy atom. The molecule has 0 saturated heterocycles. The Morgan fingerprint density at radius 1 is 1.83 bits per heavy atom. The van der Waals surface area contributed by atoms with Gasteiger partial charge >= 0.3 is 0 Å². The van der Waals surface area contributed by atoms with Crippen molar-refractivity contribution in [3.05, 3.63) is 0 Å². The van der Waals surface area contributed by atoms with Crippen LogP contribution in [-0.2, 0) is 0 Å². The van der Waals surface area contributed by atoms with Gasteiger partial charge in [0.25, 0.3) is 0 Å². The minimum Gasteiger partial charge on any atom is -0.187 e. The van der Waals surface area contributed by atoms with Crippen molar-refractivity contribution >= 4 is 17.5 Å². The minimum atomic E-state index is 0.948. The van der Waals surface area contributed by atoms with Gasteiger partial charge in [0.05, 0.1) is 0 Å². The number of halogens is 1. The van der Waals surface area contributed by atoms with E-state index in [-0.39, 0.29) is 0 Å². The topological polar surface area (TPSA) is 12.4 Å². The van der Waals surface area contributed by atoms with Gasteiger partial charge in [-0.15, -0.1) is 0 Å². The Hall–Kier alpha value is -0.0400. The maximum absolute atomic E-state index is 5.04. The highest BCUT2D eigenvalue weighted by atomic mass is 35.5. The summed E-state index contributed by atoms with van der Waals surface area (Å²) in [6.45, 7) is 3.91. The fraction of sp³-hybridized carbons (Fsp3) is 0.750. The molecule has 0 radical (unpaired) electrons. The molecular weight excluding hydrogens is 97.5 g/mol. The van der Waals surface area contributed by atoms with E-state index in [1.54, 1.807) is 0 Å². The third-order valence-corrected chi connectivity index (χ3v) is 0.944. The molecule has 0 amide bonds. The van der Waals surface area contributed by atoms with E-state index in [4.69, 9.17) is 11.8 Å². The van der Waals surface area contributed by atoms with Gasteiger partial charge in [-0.1, -0.05) is 6.92 Å². The highest BCUT2D eigenvalue weighted by molar-refractivity contribution is 6.19. The monoisotopic (exact) mass is 105 g/mol. The first-order chi connectivity index (χ1) is 2.81. The molecule has 0 heterocycles. The van der Waals surface area contributed by atoms with E-state index in [0.29, 0.717) is 0 Å². The maximum Gasteiger partial charge on any atom is 0.0364 e. The van der Waals surface area contributed by atoms with Crippen LogP contribution in [0.25, 0.3) is 0 Å². The average Bonchev–Trinajstić information content (AvgIpc) is 1.65. The zero-order valence-corrected chi connectivity index (χ0v) is 4.79. The predicted molar refractivity (Wildman–Crippen MR) is 29.3 cm³/mol. The molecule has 1 nitrogen and oxygen atoms in total. The molecule has 0 N–H and O–H groups in total. The summed E-state index contributed by atoms with van der Waals surface area (Å²) >= 11 is 5.04. The highest BCUT2D eigenvalue weighted by Crippen LogP contribution is 1.85. The van der Waals surface area contributed by atoms with Crippen LogP contribution in [-0.4, -0.2) is 5.71 Å². The first-order valence-corrected chi connectivity index (χ1v) is 2.29. The van der Waals surface area contributed by atoms with Crippen LogP contribution in [0.4, 0.5) is 0 Å². The lowest BCUT2D eigenvalue weighted by atomic mass is 10.3. The van der Waals surface area contributed by atoms with Gasteiger partial charge in [0, 0.05) is 17.5 Å². The van der Waals surface area contributed by atoms with Gasteiger partial charge in [-0.2, -0.15) is 4.51 Å². The number of rotatable bonds is 1. The maximum atomic E-state index is 5.04. The van der Waals surface area contributed by atoms with Crippen LogP contribution in [0.1, 0.15) is 20.3 Å². The SMILES string of the molecule is CC/C(C)=N/Cl. The third-order valence-electron chi connectivity index (χ3n) is 0.656. The lowest BCUT2D eigenvalue weighted by molar-refractivity contribution is 1.27. The summed E-state index contributed by atoms with van der Waals surface area (Å²) in [5, 5.41) is 0. The Labute approximate surface area is 43.1 Å². The predicted octanol–water partition coefficient (Wildman–Crippen LogP) is 2.01. The van der Waals surface area contributed by atoms with Gasteiger partial charge in [0.2, 0.25) is 0 Å². The van der Waals surface area contributed by atoms with E-state index < -0.39 is 0 Å². The van der Waals surface area contributed by atoms with E-state index in [1.165, 1.54) is 0 Å². The Kier molecular flexibility index (Phi) is 3.14. The van der Waals surface area contributed by atoms with Crippen molar-refractivity contribution in [2.24, 2.45) is 4.51 Å². The molecule has 0 aromatic heterocycles. The second-order valence-electron chi connectivity index (χ2n) is 1.17. The molecule has 0 aromatic rings. The van der Waals surface area contributed by atoms with Gasteiger partial charge in [0.15, 0.2) is 0 Å². The molecule has 2 heteroatoms. The fourth-order valence-corrected chi connectivity index (χ4v) is 0.179. The Morgan fingerprint density at radius 3 is 2.33 bits per heavy atom. The van der Waals surface area contributed by atoms with Crippen molar-refractivity contribution in [2.45, 2.75) is 20.3 Å². The fourth-order valence-electron chi connectivity index (χ4n) is 0.0598. The summed E-state index contributed by atoms with van der Waals surface area (Å²) in [5.74, 6) is 0. The molecule has 36 valence electrons. The van der Waals surface area contributed by atoms with E-state index in [2.05, 4.69) is 4.51 Å². The van der Waals surface area contributed by atoms with E-state index in [9.17, 15) is 0 Å².